The Hall–Kier alpha value is -2.47. The number of hydrogen-bond donors (Lipinski definition) is 2. The zero-order valence-electron chi connectivity index (χ0n) is 13.3. The van der Waals surface area contributed by atoms with E-state index in [2.05, 4.69) is 10.5 Å². The van der Waals surface area contributed by atoms with Crippen LogP contribution in [0, 0.1) is 6.92 Å². The summed E-state index contributed by atoms with van der Waals surface area (Å²) in [5, 5.41) is 6.48. The summed E-state index contributed by atoms with van der Waals surface area (Å²) in [5.41, 5.74) is 8.41. The topological polar surface area (TPSA) is 98.2 Å². The monoisotopic (exact) mass is 315 g/mol. The van der Waals surface area contributed by atoms with E-state index in [4.69, 9.17) is 10.3 Å². The molecule has 0 aliphatic rings. The molecule has 0 saturated carbocycles. The number of rotatable bonds is 7. The van der Waals surface area contributed by atoms with Gasteiger partial charge in [0.05, 0.1) is 12.6 Å². The van der Waals surface area contributed by atoms with Gasteiger partial charge in [0.15, 0.2) is 5.76 Å². The number of aryl methyl sites for hydroxylation is 1. The van der Waals surface area contributed by atoms with Gasteiger partial charge in [0.25, 0.3) is 5.91 Å². The zero-order valence-corrected chi connectivity index (χ0v) is 13.3. The highest BCUT2D eigenvalue weighted by Crippen LogP contribution is 2.19. The van der Waals surface area contributed by atoms with E-state index in [-0.39, 0.29) is 6.54 Å². The molecule has 0 fully saturated rings. The Kier molecular flexibility index (Phi) is 5.65. The molecule has 122 valence electrons. The van der Waals surface area contributed by atoms with Crippen molar-refractivity contribution >= 4 is 11.7 Å². The first-order valence-corrected chi connectivity index (χ1v) is 7.61. The van der Waals surface area contributed by atoms with E-state index in [1.807, 2.05) is 38.1 Å². The van der Waals surface area contributed by atoms with Gasteiger partial charge in [-0.25, -0.2) is 0 Å². The van der Waals surface area contributed by atoms with Crippen LogP contribution in [0.1, 0.15) is 31.1 Å². The molecule has 0 aliphatic heterocycles. The predicted molar refractivity (Wildman–Crippen MR) is 86.4 cm³/mol. The molecule has 2 rings (SSSR count). The highest BCUT2D eigenvalue weighted by Gasteiger charge is 2.21. The second kappa shape index (κ2) is 7.69. The third-order valence-corrected chi connectivity index (χ3v) is 3.49. The van der Waals surface area contributed by atoms with Gasteiger partial charge in [-0.05, 0) is 13.3 Å². The second-order valence-corrected chi connectivity index (χ2v) is 5.49. The molecule has 6 nitrogen and oxygen atoms in total. The number of ketones is 1. The first kappa shape index (κ1) is 16.9. The number of benzene rings is 1. The summed E-state index contributed by atoms with van der Waals surface area (Å²) in [5.74, 6) is -0.824. The number of hydrogen-bond acceptors (Lipinski definition) is 5. The minimum atomic E-state index is -0.752. The maximum atomic E-state index is 11.7. The fourth-order valence-electron chi connectivity index (χ4n) is 2.12. The minimum absolute atomic E-state index is 0.0995. The van der Waals surface area contributed by atoms with Crippen molar-refractivity contribution in [2.45, 2.75) is 39.3 Å². The number of nitrogens with one attached hydrogen (secondary N) is 1. The van der Waals surface area contributed by atoms with Crippen molar-refractivity contribution in [3.8, 4) is 11.3 Å². The van der Waals surface area contributed by atoms with E-state index in [0.717, 1.165) is 17.5 Å². The van der Waals surface area contributed by atoms with Gasteiger partial charge in [-0.15, -0.1) is 0 Å². The normalized spacial score (nSPS) is 12.0. The van der Waals surface area contributed by atoms with E-state index < -0.39 is 17.7 Å². The molecule has 1 aromatic carbocycles. The molecular formula is C17H21N3O3. The summed E-state index contributed by atoms with van der Waals surface area (Å²) >= 11 is 0. The number of nitrogens with zero attached hydrogens (tertiary/aromatic N) is 1. The Labute approximate surface area is 135 Å². The fraction of sp³-hybridized carbons (Fsp3) is 0.353. The van der Waals surface area contributed by atoms with Gasteiger partial charge in [0, 0.05) is 11.6 Å². The van der Waals surface area contributed by atoms with Crippen molar-refractivity contribution in [2.24, 2.45) is 5.73 Å². The van der Waals surface area contributed by atoms with Crippen molar-refractivity contribution < 1.29 is 14.1 Å². The van der Waals surface area contributed by atoms with Gasteiger partial charge in [-0.3, -0.25) is 9.59 Å². The number of carbonyl (C=O) groups excluding carboxylic acids is 2. The zero-order chi connectivity index (χ0) is 16.8. The van der Waals surface area contributed by atoms with Gasteiger partial charge in [0.1, 0.15) is 5.69 Å². The fourth-order valence-corrected chi connectivity index (χ4v) is 2.12. The van der Waals surface area contributed by atoms with Crippen molar-refractivity contribution in [3.05, 3.63) is 41.7 Å². The predicted octanol–water partition coefficient (Wildman–Crippen LogP) is 1.96. The average Bonchev–Trinajstić information content (AvgIpc) is 3.01. The van der Waals surface area contributed by atoms with E-state index in [1.165, 1.54) is 0 Å². The second-order valence-electron chi connectivity index (χ2n) is 5.49. The highest BCUT2D eigenvalue weighted by molar-refractivity contribution is 6.38. The van der Waals surface area contributed by atoms with E-state index in [9.17, 15) is 9.59 Å². The molecule has 1 amide bonds. The molecule has 6 heteroatoms. The Morgan fingerprint density at radius 3 is 2.65 bits per heavy atom. The first-order chi connectivity index (χ1) is 11.0. The van der Waals surface area contributed by atoms with Gasteiger partial charge >= 0.3 is 0 Å². The molecule has 3 N–H and O–H groups in total. The molecule has 0 radical (unpaired) electrons. The van der Waals surface area contributed by atoms with Gasteiger partial charge in [-0.2, -0.15) is 0 Å². The molecule has 0 saturated heterocycles. The van der Waals surface area contributed by atoms with E-state index >= 15 is 0 Å². The number of amides is 1. The number of Topliss-reactive ketones (excluding diaryl/α,β-unsaturated/α-hetero) is 1. The molecule has 0 bridgehead atoms. The molecule has 2 aromatic rings. The van der Waals surface area contributed by atoms with E-state index in [0.29, 0.717) is 17.9 Å². The lowest BCUT2D eigenvalue weighted by Gasteiger charge is -2.08. The van der Waals surface area contributed by atoms with Crippen LogP contribution < -0.4 is 11.1 Å². The number of nitrogens with two attached hydrogens (primary N) is 1. The standard InChI is InChI=1S/C17H21N3O3/c1-3-4-14(18)16(21)17(22)19-10-13-9-15(20-23-13)12-7-5-11(2)6-8-12/h5-9,14H,3-4,10,18H2,1-2H3,(H,19,22). The van der Waals surface area contributed by atoms with Crippen LogP contribution in [0.25, 0.3) is 11.3 Å². The van der Waals surface area contributed by atoms with Gasteiger partial charge in [0.2, 0.25) is 5.78 Å². The Bertz CT molecular complexity index is 677. The molecule has 1 aromatic heterocycles. The van der Waals surface area contributed by atoms with Gasteiger partial charge < -0.3 is 15.6 Å². The van der Waals surface area contributed by atoms with Crippen LogP contribution in [0.2, 0.25) is 0 Å². The lowest BCUT2D eigenvalue weighted by molar-refractivity contribution is -0.138. The van der Waals surface area contributed by atoms with Crippen LogP contribution >= 0.6 is 0 Å². The largest absolute Gasteiger partial charge is 0.359 e. The summed E-state index contributed by atoms with van der Waals surface area (Å²) in [4.78, 5) is 23.5. The Balaban J connectivity index is 1.93. The Morgan fingerprint density at radius 2 is 2.00 bits per heavy atom. The summed E-state index contributed by atoms with van der Waals surface area (Å²) in [6, 6.07) is 8.85. The lowest BCUT2D eigenvalue weighted by Crippen LogP contribution is -2.42. The molecule has 1 atom stereocenters. The highest BCUT2D eigenvalue weighted by atomic mass is 16.5. The summed E-state index contributed by atoms with van der Waals surface area (Å²) < 4.78 is 5.18. The molecule has 1 unspecified atom stereocenters. The summed E-state index contributed by atoms with van der Waals surface area (Å²) in [7, 11) is 0. The van der Waals surface area contributed by atoms with Crippen LogP contribution in [0.5, 0.6) is 0 Å². The molecule has 1 heterocycles. The minimum Gasteiger partial charge on any atom is -0.359 e. The number of aromatic nitrogens is 1. The maximum Gasteiger partial charge on any atom is 0.289 e. The van der Waals surface area contributed by atoms with Crippen molar-refractivity contribution in [1.82, 2.24) is 10.5 Å². The first-order valence-electron chi connectivity index (χ1n) is 7.61. The maximum absolute atomic E-state index is 11.7. The molecule has 0 aliphatic carbocycles. The van der Waals surface area contributed by atoms with Crippen LogP contribution in [0.3, 0.4) is 0 Å². The lowest BCUT2D eigenvalue weighted by atomic mass is 10.1. The van der Waals surface area contributed by atoms with Crippen LogP contribution in [-0.4, -0.2) is 22.9 Å². The summed E-state index contributed by atoms with van der Waals surface area (Å²) in [6.07, 6.45) is 1.24. The van der Waals surface area contributed by atoms with Crippen molar-refractivity contribution in [2.75, 3.05) is 0 Å². The third-order valence-electron chi connectivity index (χ3n) is 3.49. The third kappa shape index (κ3) is 4.50. The smallest absolute Gasteiger partial charge is 0.289 e. The SMILES string of the molecule is CCCC(N)C(=O)C(=O)NCc1cc(-c2ccc(C)cc2)no1. The van der Waals surface area contributed by atoms with Crippen LogP contribution in [-0.2, 0) is 16.1 Å². The van der Waals surface area contributed by atoms with Crippen molar-refractivity contribution in [1.29, 1.82) is 0 Å². The summed E-state index contributed by atoms with van der Waals surface area (Å²) in [6.45, 7) is 4.02. The Morgan fingerprint density at radius 1 is 1.30 bits per heavy atom. The quantitative estimate of drug-likeness (QED) is 0.761. The van der Waals surface area contributed by atoms with E-state index in [1.54, 1.807) is 6.07 Å². The van der Waals surface area contributed by atoms with Gasteiger partial charge in [-0.1, -0.05) is 48.3 Å². The average molecular weight is 315 g/mol. The number of carbonyl (C=O) groups is 2. The van der Waals surface area contributed by atoms with Crippen LogP contribution in [0.4, 0.5) is 0 Å². The molecular weight excluding hydrogens is 294 g/mol. The van der Waals surface area contributed by atoms with Crippen LogP contribution in [0.15, 0.2) is 34.9 Å². The van der Waals surface area contributed by atoms with Crippen molar-refractivity contribution in [3.63, 3.8) is 0 Å². The molecule has 0 spiro atoms. The molecule has 23 heavy (non-hydrogen) atoms.